The predicted molar refractivity (Wildman–Crippen MR) is 74.7 cm³/mol. The van der Waals surface area contributed by atoms with Gasteiger partial charge in [0.05, 0.1) is 4.92 Å². The summed E-state index contributed by atoms with van der Waals surface area (Å²) in [5.74, 6) is -0.135. The molecule has 21 heavy (non-hydrogen) atoms. The van der Waals surface area contributed by atoms with E-state index in [9.17, 15) is 20.0 Å². The van der Waals surface area contributed by atoms with E-state index in [2.05, 4.69) is 10.4 Å². The SMILES string of the molecule is Cc1nn(CC(=O)NC2CCCC2CO)c(C)c1[N+](=O)[O-]. The number of hydrogen-bond acceptors (Lipinski definition) is 5. The fourth-order valence-corrected chi connectivity index (χ4v) is 2.94. The Morgan fingerprint density at radius 3 is 2.81 bits per heavy atom. The van der Waals surface area contributed by atoms with Crippen molar-refractivity contribution in [2.24, 2.45) is 5.92 Å². The number of carbonyl (C=O) groups excluding carboxylic acids is 1. The number of aryl methyl sites for hydroxylation is 1. The van der Waals surface area contributed by atoms with Gasteiger partial charge in [-0.3, -0.25) is 19.6 Å². The highest BCUT2D eigenvalue weighted by molar-refractivity contribution is 5.76. The normalized spacial score (nSPS) is 21.5. The van der Waals surface area contributed by atoms with Crippen molar-refractivity contribution in [2.75, 3.05) is 6.61 Å². The molecule has 1 aliphatic rings. The van der Waals surface area contributed by atoms with E-state index >= 15 is 0 Å². The van der Waals surface area contributed by atoms with Crippen molar-refractivity contribution in [1.29, 1.82) is 0 Å². The molecule has 116 valence electrons. The number of hydrogen-bond donors (Lipinski definition) is 2. The third kappa shape index (κ3) is 3.21. The summed E-state index contributed by atoms with van der Waals surface area (Å²) in [7, 11) is 0. The van der Waals surface area contributed by atoms with Crippen molar-refractivity contribution in [1.82, 2.24) is 15.1 Å². The molecule has 0 radical (unpaired) electrons. The molecule has 1 aromatic rings. The number of nitrogens with one attached hydrogen (secondary N) is 1. The minimum Gasteiger partial charge on any atom is -0.396 e. The summed E-state index contributed by atoms with van der Waals surface area (Å²) in [6.07, 6.45) is 2.75. The molecule has 2 N–H and O–H groups in total. The molecule has 2 rings (SSSR count). The van der Waals surface area contributed by atoms with E-state index in [4.69, 9.17) is 0 Å². The summed E-state index contributed by atoms with van der Waals surface area (Å²) in [6.45, 7) is 3.15. The molecule has 0 aromatic carbocycles. The van der Waals surface area contributed by atoms with Gasteiger partial charge in [0.25, 0.3) is 0 Å². The van der Waals surface area contributed by atoms with Crippen LogP contribution in [0.1, 0.15) is 30.7 Å². The first kappa shape index (κ1) is 15.4. The van der Waals surface area contributed by atoms with Crippen LogP contribution in [-0.4, -0.2) is 38.4 Å². The molecule has 8 nitrogen and oxygen atoms in total. The standard InChI is InChI=1S/C13H20N4O4/c1-8-13(17(20)21)9(2)16(15-8)6-12(19)14-11-5-3-4-10(11)7-18/h10-11,18H,3-7H2,1-2H3,(H,14,19). The second-order valence-electron chi connectivity index (χ2n) is 5.48. The van der Waals surface area contributed by atoms with Crippen LogP contribution in [0, 0.1) is 29.9 Å². The molecule has 1 aromatic heterocycles. The zero-order valence-electron chi connectivity index (χ0n) is 12.2. The van der Waals surface area contributed by atoms with Crippen molar-refractivity contribution >= 4 is 11.6 Å². The maximum absolute atomic E-state index is 12.0. The Labute approximate surface area is 122 Å². The number of nitro groups is 1. The van der Waals surface area contributed by atoms with Crippen LogP contribution in [0.2, 0.25) is 0 Å². The first-order valence-electron chi connectivity index (χ1n) is 7.02. The van der Waals surface area contributed by atoms with Crippen LogP contribution >= 0.6 is 0 Å². The first-order chi connectivity index (χ1) is 9.93. The van der Waals surface area contributed by atoms with Crippen LogP contribution in [-0.2, 0) is 11.3 Å². The third-order valence-corrected chi connectivity index (χ3v) is 4.06. The molecule has 0 spiro atoms. The summed E-state index contributed by atoms with van der Waals surface area (Å²) < 4.78 is 1.35. The van der Waals surface area contributed by atoms with Crippen molar-refractivity contribution in [2.45, 2.75) is 45.7 Å². The molecule has 1 saturated carbocycles. The van der Waals surface area contributed by atoms with Crippen LogP contribution in [0.5, 0.6) is 0 Å². The maximum atomic E-state index is 12.0. The lowest BCUT2D eigenvalue weighted by Crippen LogP contribution is -2.40. The van der Waals surface area contributed by atoms with Crippen molar-refractivity contribution in [3.8, 4) is 0 Å². The second-order valence-corrected chi connectivity index (χ2v) is 5.48. The Morgan fingerprint density at radius 1 is 1.52 bits per heavy atom. The zero-order chi connectivity index (χ0) is 15.6. The highest BCUT2D eigenvalue weighted by atomic mass is 16.6. The van der Waals surface area contributed by atoms with Gasteiger partial charge < -0.3 is 10.4 Å². The third-order valence-electron chi connectivity index (χ3n) is 4.06. The quantitative estimate of drug-likeness (QED) is 0.613. The summed E-state index contributed by atoms with van der Waals surface area (Å²) in [4.78, 5) is 22.5. The highest BCUT2D eigenvalue weighted by Crippen LogP contribution is 2.25. The van der Waals surface area contributed by atoms with Gasteiger partial charge in [-0.1, -0.05) is 6.42 Å². The van der Waals surface area contributed by atoms with Gasteiger partial charge in [0.15, 0.2) is 0 Å². The van der Waals surface area contributed by atoms with E-state index in [-0.39, 0.29) is 36.7 Å². The van der Waals surface area contributed by atoms with Gasteiger partial charge in [0, 0.05) is 18.6 Å². The fraction of sp³-hybridized carbons (Fsp3) is 0.692. The average Bonchev–Trinajstić information content (AvgIpc) is 2.94. The fourth-order valence-electron chi connectivity index (χ4n) is 2.94. The summed E-state index contributed by atoms with van der Waals surface area (Å²) in [5, 5.41) is 27.1. The number of aliphatic hydroxyl groups is 1. The minimum atomic E-state index is -0.481. The Bertz CT molecular complexity index is 555. The minimum absolute atomic E-state index is 0.0190. The van der Waals surface area contributed by atoms with Gasteiger partial charge >= 0.3 is 5.69 Å². The van der Waals surface area contributed by atoms with Crippen molar-refractivity contribution < 1.29 is 14.8 Å². The number of aliphatic hydroxyl groups excluding tert-OH is 1. The van der Waals surface area contributed by atoms with Gasteiger partial charge in [-0.2, -0.15) is 5.10 Å². The molecule has 1 fully saturated rings. The van der Waals surface area contributed by atoms with E-state index in [0.717, 1.165) is 19.3 Å². The van der Waals surface area contributed by atoms with Gasteiger partial charge in [-0.15, -0.1) is 0 Å². The van der Waals surface area contributed by atoms with Crippen LogP contribution in [0.4, 0.5) is 5.69 Å². The Morgan fingerprint density at radius 2 is 2.24 bits per heavy atom. The van der Waals surface area contributed by atoms with E-state index in [1.165, 1.54) is 4.68 Å². The lowest BCUT2D eigenvalue weighted by atomic mass is 10.1. The predicted octanol–water partition coefficient (Wildman–Crippen LogP) is 0.685. The number of carbonyl (C=O) groups is 1. The first-order valence-corrected chi connectivity index (χ1v) is 7.02. The van der Waals surface area contributed by atoms with Gasteiger partial charge in [-0.05, 0) is 26.7 Å². The summed E-state index contributed by atoms with van der Waals surface area (Å²) in [6, 6.07) is -0.0190. The van der Waals surface area contributed by atoms with Crippen molar-refractivity contribution in [3.63, 3.8) is 0 Å². The number of aromatic nitrogens is 2. The maximum Gasteiger partial charge on any atom is 0.312 e. The molecule has 0 bridgehead atoms. The van der Waals surface area contributed by atoms with E-state index in [1.807, 2.05) is 0 Å². The number of amides is 1. The smallest absolute Gasteiger partial charge is 0.312 e. The Hall–Kier alpha value is -1.96. The molecule has 0 saturated heterocycles. The molecule has 1 heterocycles. The Kier molecular flexibility index (Phi) is 4.56. The topological polar surface area (TPSA) is 110 Å². The van der Waals surface area contributed by atoms with Gasteiger partial charge in [0.2, 0.25) is 5.91 Å². The molecule has 8 heteroatoms. The average molecular weight is 296 g/mol. The van der Waals surface area contributed by atoms with Gasteiger partial charge in [0.1, 0.15) is 17.9 Å². The molecule has 2 unspecified atom stereocenters. The van der Waals surface area contributed by atoms with E-state index in [0.29, 0.717) is 11.4 Å². The number of rotatable bonds is 5. The largest absolute Gasteiger partial charge is 0.396 e. The van der Waals surface area contributed by atoms with Gasteiger partial charge in [-0.25, -0.2) is 0 Å². The molecular weight excluding hydrogens is 276 g/mol. The molecular formula is C13H20N4O4. The van der Waals surface area contributed by atoms with Crippen LogP contribution in [0.3, 0.4) is 0 Å². The highest BCUT2D eigenvalue weighted by Gasteiger charge is 2.28. The van der Waals surface area contributed by atoms with Crippen LogP contribution in [0.15, 0.2) is 0 Å². The molecule has 2 atom stereocenters. The monoisotopic (exact) mass is 296 g/mol. The Balaban J connectivity index is 2.03. The summed E-state index contributed by atoms with van der Waals surface area (Å²) in [5.41, 5.74) is 0.633. The molecule has 0 aliphatic heterocycles. The second kappa shape index (κ2) is 6.21. The van der Waals surface area contributed by atoms with Crippen LogP contribution < -0.4 is 5.32 Å². The lowest BCUT2D eigenvalue weighted by Gasteiger charge is -2.19. The lowest BCUT2D eigenvalue weighted by molar-refractivity contribution is -0.386. The summed E-state index contributed by atoms with van der Waals surface area (Å²) >= 11 is 0. The van der Waals surface area contributed by atoms with E-state index < -0.39 is 4.92 Å². The molecule has 1 aliphatic carbocycles. The van der Waals surface area contributed by atoms with E-state index in [1.54, 1.807) is 13.8 Å². The number of nitrogens with zero attached hydrogens (tertiary/aromatic N) is 3. The van der Waals surface area contributed by atoms with Crippen LogP contribution in [0.25, 0.3) is 0 Å². The molecule has 1 amide bonds. The van der Waals surface area contributed by atoms with Crippen molar-refractivity contribution in [3.05, 3.63) is 21.5 Å². The zero-order valence-corrected chi connectivity index (χ0v) is 12.2.